The minimum Gasteiger partial charge on any atom is -0.490 e. The Morgan fingerprint density at radius 2 is 1.82 bits per heavy atom. The van der Waals surface area contributed by atoms with Gasteiger partial charge in [-0.25, -0.2) is 4.79 Å². The van der Waals surface area contributed by atoms with Gasteiger partial charge in [0.2, 0.25) is 5.91 Å². The molecule has 0 aromatic heterocycles. The molecule has 1 amide bonds. The van der Waals surface area contributed by atoms with Gasteiger partial charge in [-0.2, -0.15) is 0 Å². The van der Waals surface area contributed by atoms with Gasteiger partial charge in [0.15, 0.2) is 0 Å². The second-order valence-electron chi connectivity index (χ2n) is 6.63. The Kier molecular flexibility index (Phi) is 5.88. The molecule has 0 bridgehead atoms. The van der Waals surface area contributed by atoms with Gasteiger partial charge in [0.05, 0.1) is 16.9 Å². The lowest BCUT2D eigenvalue weighted by molar-refractivity contribution is -0.384. The van der Waals surface area contributed by atoms with Crippen molar-refractivity contribution >= 4 is 17.6 Å². The van der Waals surface area contributed by atoms with E-state index < -0.39 is 10.9 Å². The maximum Gasteiger partial charge on any atom is 0.335 e. The van der Waals surface area contributed by atoms with Crippen molar-refractivity contribution in [3.8, 4) is 5.75 Å². The summed E-state index contributed by atoms with van der Waals surface area (Å²) in [5.41, 5.74) is 0.856. The number of piperidine rings is 1. The lowest BCUT2D eigenvalue weighted by Gasteiger charge is -2.32. The number of nitro benzene ring substituents is 1. The summed E-state index contributed by atoms with van der Waals surface area (Å²) in [5.74, 6) is -0.490. The Balaban J connectivity index is 1.50. The first kappa shape index (κ1) is 19.3. The first-order chi connectivity index (χ1) is 13.4. The molecule has 0 spiro atoms. The summed E-state index contributed by atoms with van der Waals surface area (Å²) in [4.78, 5) is 35.5. The van der Waals surface area contributed by atoms with Crippen LogP contribution in [0.4, 0.5) is 5.69 Å². The van der Waals surface area contributed by atoms with Crippen molar-refractivity contribution in [2.75, 3.05) is 13.1 Å². The lowest BCUT2D eigenvalue weighted by Crippen LogP contribution is -2.42. The average Bonchev–Trinajstić information content (AvgIpc) is 2.69. The number of rotatable bonds is 6. The highest BCUT2D eigenvalue weighted by atomic mass is 16.6. The predicted octanol–water partition coefficient (Wildman–Crippen LogP) is 2.91. The molecule has 28 heavy (non-hydrogen) atoms. The van der Waals surface area contributed by atoms with E-state index in [9.17, 15) is 19.7 Å². The van der Waals surface area contributed by atoms with Crippen molar-refractivity contribution in [3.63, 3.8) is 0 Å². The second-order valence-corrected chi connectivity index (χ2v) is 6.63. The Morgan fingerprint density at radius 1 is 1.14 bits per heavy atom. The van der Waals surface area contributed by atoms with E-state index in [4.69, 9.17) is 9.84 Å². The number of ether oxygens (including phenoxy) is 1. The van der Waals surface area contributed by atoms with Gasteiger partial charge >= 0.3 is 5.97 Å². The monoisotopic (exact) mass is 384 g/mol. The number of carbonyl (C=O) groups excluding carboxylic acids is 1. The summed E-state index contributed by atoms with van der Waals surface area (Å²) in [6.07, 6.45) is 1.44. The Hall–Kier alpha value is -3.42. The highest BCUT2D eigenvalue weighted by Crippen LogP contribution is 2.22. The van der Waals surface area contributed by atoms with Gasteiger partial charge in [0.25, 0.3) is 5.69 Å². The fraction of sp³-hybridized carbons (Fsp3) is 0.300. The number of hydrogen-bond acceptors (Lipinski definition) is 5. The van der Waals surface area contributed by atoms with Crippen LogP contribution in [0.5, 0.6) is 5.75 Å². The van der Waals surface area contributed by atoms with E-state index in [0.29, 0.717) is 37.2 Å². The summed E-state index contributed by atoms with van der Waals surface area (Å²) in [5, 5.41) is 19.7. The van der Waals surface area contributed by atoms with E-state index in [0.717, 1.165) is 0 Å². The fourth-order valence-electron chi connectivity index (χ4n) is 3.16. The molecule has 8 nitrogen and oxygen atoms in total. The first-order valence-electron chi connectivity index (χ1n) is 8.93. The van der Waals surface area contributed by atoms with Crippen LogP contribution in [0, 0.1) is 10.1 Å². The third kappa shape index (κ3) is 4.85. The number of non-ortho nitro benzene ring substituents is 1. The Labute approximate surface area is 161 Å². The van der Waals surface area contributed by atoms with Crippen LogP contribution in [-0.2, 0) is 11.2 Å². The summed E-state index contributed by atoms with van der Waals surface area (Å²) in [6, 6.07) is 12.3. The third-order valence-corrected chi connectivity index (χ3v) is 4.67. The quantitative estimate of drug-likeness (QED) is 0.606. The molecule has 1 heterocycles. The van der Waals surface area contributed by atoms with Crippen molar-refractivity contribution < 1.29 is 24.4 Å². The summed E-state index contributed by atoms with van der Waals surface area (Å²) < 4.78 is 5.85. The molecule has 1 aliphatic heterocycles. The van der Waals surface area contributed by atoms with E-state index >= 15 is 0 Å². The molecule has 0 aliphatic carbocycles. The second kappa shape index (κ2) is 8.51. The van der Waals surface area contributed by atoms with Crippen LogP contribution in [0.2, 0.25) is 0 Å². The maximum absolute atomic E-state index is 12.5. The smallest absolute Gasteiger partial charge is 0.335 e. The van der Waals surface area contributed by atoms with E-state index in [1.165, 1.54) is 24.3 Å². The van der Waals surface area contributed by atoms with Gasteiger partial charge in [0, 0.05) is 38.1 Å². The molecule has 1 N–H and O–H groups in total. The molecular formula is C20H20N2O6. The van der Waals surface area contributed by atoms with Crippen molar-refractivity contribution in [1.29, 1.82) is 0 Å². The molecule has 0 atom stereocenters. The Bertz CT molecular complexity index is 873. The van der Waals surface area contributed by atoms with Crippen LogP contribution in [0.15, 0.2) is 48.5 Å². The summed E-state index contributed by atoms with van der Waals surface area (Å²) in [6.45, 7) is 1.10. The molecule has 0 unspecified atom stereocenters. The normalized spacial score (nSPS) is 14.5. The van der Waals surface area contributed by atoms with Crippen molar-refractivity contribution in [3.05, 3.63) is 69.8 Å². The molecule has 2 aromatic carbocycles. The zero-order valence-electron chi connectivity index (χ0n) is 15.1. The highest BCUT2D eigenvalue weighted by molar-refractivity contribution is 5.88. The van der Waals surface area contributed by atoms with Gasteiger partial charge in [-0.05, 0) is 29.8 Å². The van der Waals surface area contributed by atoms with Gasteiger partial charge in [-0.3, -0.25) is 14.9 Å². The van der Waals surface area contributed by atoms with Crippen LogP contribution in [0.3, 0.4) is 0 Å². The maximum atomic E-state index is 12.5. The van der Waals surface area contributed by atoms with Crippen LogP contribution >= 0.6 is 0 Å². The molecule has 1 aliphatic rings. The lowest BCUT2D eigenvalue weighted by atomic mass is 10.0. The number of carboxylic acid groups (broad SMARTS) is 1. The number of benzene rings is 2. The summed E-state index contributed by atoms with van der Waals surface area (Å²) in [7, 11) is 0. The molecule has 0 radical (unpaired) electrons. The van der Waals surface area contributed by atoms with Crippen LogP contribution in [0.1, 0.15) is 28.8 Å². The van der Waals surface area contributed by atoms with Gasteiger partial charge < -0.3 is 14.7 Å². The SMILES string of the molecule is O=C(O)c1cccc(CC(=O)N2CCC(Oc3ccc([N+](=O)[O-])cc3)CC2)c1. The highest BCUT2D eigenvalue weighted by Gasteiger charge is 2.24. The Morgan fingerprint density at radius 3 is 2.43 bits per heavy atom. The van der Waals surface area contributed by atoms with Crippen molar-refractivity contribution in [2.24, 2.45) is 0 Å². The van der Waals surface area contributed by atoms with Gasteiger partial charge in [0.1, 0.15) is 11.9 Å². The molecule has 3 rings (SSSR count). The minimum absolute atomic E-state index is 0.0136. The standard InChI is InChI=1S/C20H20N2O6/c23-19(13-14-2-1-3-15(12-14)20(24)25)21-10-8-18(9-11-21)28-17-6-4-16(5-7-17)22(26)27/h1-7,12,18H,8-11,13H2,(H,24,25). The number of nitro groups is 1. The topological polar surface area (TPSA) is 110 Å². The van der Waals surface area contributed by atoms with E-state index in [2.05, 4.69) is 0 Å². The molecule has 2 aromatic rings. The molecule has 8 heteroatoms. The summed E-state index contributed by atoms with van der Waals surface area (Å²) >= 11 is 0. The van der Waals surface area contributed by atoms with Crippen LogP contribution < -0.4 is 4.74 Å². The molecule has 0 saturated carbocycles. The fourth-order valence-corrected chi connectivity index (χ4v) is 3.16. The number of aromatic carboxylic acids is 1. The number of hydrogen-bond donors (Lipinski definition) is 1. The van der Waals surface area contributed by atoms with E-state index in [-0.39, 0.29) is 29.7 Å². The van der Waals surface area contributed by atoms with Crippen LogP contribution in [0.25, 0.3) is 0 Å². The molecule has 1 fully saturated rings. The van der Waals surface area contributed by atoms with Gasteiger partial charge in [-0.1, -0.05) is 12.1 Å². The van der Waals surface area contributed by atoms with E-state index in [1.54, 1.807) is 29.2 Å². The number of amides is 1. The number of nitrogens with zero attached hydrogens (tertiary/aromatic N) is 2. The largest absolute Gasteiger partial charge is 0.490 e. The number of likely N-dealkylation sites (tertiary alicyclic amines) is 1. The predicted molar refractivity (Wildman–Crippen MR) is 100 cm³/mol. The van der Waals surface area contributed by atoms with Gasteiger partial charge in [-0.15, -0.1) is 0 Å². The average molecular weight is 384 g/mol. The minimum atomic E-state index is -1.02. The van der Waals surface area contributed by atoms with Crippen molar-refractivity contribution in [1.82, 2.24) is 4.90 Å². The molecular weight excluding hydrogens is 364 g/mol. The zero-order valence-corrected chi connectivity index (χ0v) is 15.1. The van der Waals surface area contributed by atoms with E-state index in [1.807, 2.05) is 0 Å². The molecule has 146 valence electrons. The van der Waals surface area contributed by atoms with Crippen molar-refractivity contribution in [2.45, 2.75) is 25.4 Å². The number of carbonyl (C=O) groups is 2. The molecule has 1 saturated heterocycles. The first-order valence-corrected chi connectivity index (χ1v) is 8.93. The number of carboxylic acids is 1. The third-order valence-electron chi connectivity index (χ3n) is 4.67. The zero-order chi connectivity index (χ0) is 20.1. The van der Waals surface area contributed by atoms with Crippen LogP contribution in [-0.4, -0.2) is 46.0 Å².